The summed E-state index contributed by atoms with van der Waals surface area (Å²) in [6, 6.07) is 8.10. The molecule has 1 saturated heterocycles. The van der Waals surface area contributed by atoms with Crippen LogP contribution in [-0.2, 0) is 9.53 Å². The van der Waals surface area contributed by atoms with Gasteiger partial charge in [0.05, 0.1) is 25.4 Å². The fourth-order valence-electron chi connectivity index (χ4n) is 4.03. The molecule has 1 saturated carbocycles. The monoisotopic (exact) mass is 329 g/mol. The van der Waals surface area contributed by atoms with Crippen LogP contribution in [0.25, 0.3) is 5.57 Å². The number of carbonyl (C=O) groups excluding carboxylic acids is 1. The van der Waals surface area contributed by atoms with Crippen molar-refractivity contribution in [2.45, 2.75) is 45.3 Å². The number of morpholine rings is 1. The Bertz CT molecular complexity index is 625. The lowest BCUT2D eigenvalue weighted by Gasteiger charge is -2.39. The number of benzene rings is 1. The minimum Gasteiger partial charge on any atom is -0.393 e. The topological polar surface area (TPSA) is 49.8 Å². The quantitative estimate of drug-likeness (QED) is 0.868. The van der Waals surface area contributed by atoms with Crippen molar-refractivity contribution in [2.75, 3.05) is 19.8 Å². The lowest BCUT2D eigenvalue weighted by atomic mass is 9.94. The minimum atomic E-state index is -0.312. The zero-order chi connectivity index (χ0) is 17.1. The number of hydrogen-bond donors (Lipinski definition) is 1. The molecule has 1 aromatic rings. The lowest BCUT2D eigenvalue weighted by Crippen LogP contribution is -2.53. The van der Waals surface area contributed by atoms with Crippen molar-refractivity contribution in [3.63, 3.8) is 0 Å². The van der Waals surface area contributed by atoms with E-state index in [-0.39, 0.29) is 24.0 Å². The third kappa shape index (κ3) is 3.55. The van der Waals surface area contributed by atoms with Gasteiger partial charge in [-0.2, -0.15) is 0 Å². The Morgan fingerprint density at radius 1 is 1.33 bits per heavy atom. The first-order valence-corrected chi connectivity index (χ1v) is 8.88. The van der Waals surface area contributed by atoms with E-state index in [0.717, 1.165) is 30.4 Å². The molecule has 0 radical (unpaired) electrons. The highest BCUT2D eigenvalue weighted by atomic mass is 16.5. The van der Waals surface area contributed by atoms with Gasteiger partial charge in [-0.05, 0) is 43.4 Å². The fourth-order valence-corrected chi connectivity index (χ4v) is 4.03. The van der Waals surface area contributed by atoms with Gasteiger partial charge in [0.1, 0.15) is 0 Å². The van der Waals surface area contributed by atoms with Gasteiger partial charge in [-0.25, -0.2) is 0 Å². The van der Waals surface area contributed by atoms with E-state index in [1.807, 2.05) is 30.0 Å². The average Bonchev–Trinajstić information content (AvgIpc) is 3.01. The molecule has 1 heterocycles. The highest BCUT2D eigenvalue weighted by molar-refractivity contribution is 5.95. The van der Waals surface area contributed by atoms with Gasteiger partial charge >= 0.3 is 0 Å². The van der Waals surface area contributed by atoms with Crippen LogP contribution in [0.3, 0.4) is 0 Å². The molecule has 1 N–H and O–H groups in total. The number of allylic oxidation sites excluding steroid dienone is 1. The molecular weight excluding hydrogens is 302 g/mol. The second-order valence-electron chi connectivity index (χ2n) is 6.98. The standard InChI is InChI=1S/C20H27NO3/c1-14-6-3-4-7-16(14)15(2)12-20(23)21-10-11-24-13-18(21)17-8-5-9-19(17)22/h3-4,6-7,12,17-19,22H,5,8-11,13H2,1-2H3/b15-12+. The van der Waals surface area contributed by atoms with E-state index < -0.39 is 0 Å². The van der Waals surface area contributed by atoms with Gasteiger partial charge in [0.15, 0.2) is 0 Å². The van der Waals surface area contributed by atoms with Crippen molar-refractivity contribution in [3.05, 3.63) is 41.5 Å². The van der Waals surface area contributed by atoms with E-state index in [2.05, 4.69) is 13.0 Å². The maximum atomic E-state index is 12.9. The summed E-state index contributed by atoms with van der Waals surface area (Å²) in [6.45, 7) is 5.75. The van der Waals surface area contributed by atoms with Gasteiger partial charge < -0.3 is 14.7 Å². The summed E-state index contributed by atoms with van der Waals surface area (Å²) in [4.78, 5) is 14.8. The van der Waals surface area contributed by atoms with Gasteiger partial charge in [-0.3, -0.25) is 4.79 Å². The molecule has 0 aromatic heterocycles. The van der Waals surface area contributed by atoms with Crippen molar-refractivity contribution in [1.29, 1.82) is 0 Å². The molecule has 1 aromatic carbocycles. The molecule has 3 rings (SSSR count). The Labute approximate surface area is 144 Å². The minimum absolute atomic E-state index is 0.00956. The van der Waals surface area contributed by atoms with E-state index in [1.54, 1.807) is 6.08 Å². The first-order chi connectivity index (χ1) is 11.6. The van der Waals surface area contributed by atoms with Gasteiger partial charge in [0.2, 0.25) is 5.91 Å². The zero-order valence-electron chi connectivity index (χ0n) is 14.6. The molecule has 1 aliphatic heterocycles. The third-order valence-corrected chi connectivity index (χ3v) is 5.38. The molecule has 24 heavy (non-hydrogen) atoms. The maximum absolute atomic E-state index is 12.9. The number of nitrogens with zero attached hydrogens (tertiary/aromatic N) is 1. The zero-order valence-corrected chi connectivity index (χ0v) is 14.6. The highest BCUT2D eigenvalue weighted by Gasteiger charge is 2.39. The molecule has 2 aliphatic rings. The Morgan fingerprint density at radius 3 is 2.83 bits per heavy atom. The second-order valence-corrected chi connectivity index (χ2v) is 6.98. The van der Waals surface area contributed by atoms with Gasteiger partial charge in [-0.1, -0.05) is 30.7 Å². The van der Waals surface area contributed by atoms with Crippen molar-refractivity contribution in [2.24, 2.45) is 5.92 Å². The lowest BCUT2D eigenvalue weighted by molar-refractivity contribution is -0.138. The van der Waals surface area contributed by atoms with E-state index in [4.69, 9.17) is 4.74 Å². The van der Waals surface area contributed by atoms with Crippen molar-refractivity contribution >= 4 is 11.5 Å². The molecular formula is C20H27NO3. The molecule has 130 valence electrons. The van der Waals surface area contributed by atoms with E-state index in [0.29, 0.717) is 19.8 Å². The van der Waals surface area contributed by atoms with E-state index >= 15 is 0 Å². The summed E-state index contributed by atoms with van der Waals surface area (Å²) in [7, 11) is 0. The average molecular weight is 329 g/mol. The van der Waals surface area contributed by atoms with Crippen LogP contribution in [-0.4, -0.2) is 47.8 Å². The number of ether oxygens (including phenoxy) is 1. The Hall–Kier alpha value is -1.65. The van der Waals surface area contributed by atoms with Crippen LogP contribution in [0.2, 0.25) is 0 Å². The van der Waals surface area contributed by atoms with Crippen LogP contribution in [0, 0.1) is 12.8 Å². The first-order valence-electron chi connectivity index (χ1n) is 8.88. The highest BCUT2D eigenvalue weighted by Crippen LogP contribution is 2.32. The summed E-state index contributed by atoms with van der Waals surface area (Å²) in [5, 5.41) is 10.2. The predicted molar refractivity (Wildman–Crippen MR) is 94.5 cm³/mol. The van der Waals surface area contributed by atoms with E-state index in [9.17, 15) is 9.90 Å². The molecule has 3 unspecified atom stereocenters. The first kappa shape index (κ1) is 17.2. The summed E-state index contributed by atoms with van der Waals surface area (Å²) in [5.41, 5.74) is 3.26. The van der Waals surface area contributed by atoms with Crippen molar-refractivity contribution in [1.82, 2.24) is 4.90 Å². The van der Waals surface area contributed by atoms with Crippen LogP contribution in [0.1, 0.15) is 37.3 Å². The molecule has 1 amide bonds. The fraction of sp³-hybridized carbons (Fsp3) is 0.550. The van der Waals surface area contributed by atoms with Crippen LogP contribution >= 0.6 is 0 Å². The largest absolute Gasteiger partial charge is 0.393 e. The van der Waals surface area contributed by atoms with Gasteiger partial charge in [0.25, 0.3) is 0 Å². The number of rotatable bonds is 3. The van der Waals surface area contributed by atoms with Crippen LogP contribution in [0.5, 0.6) is 0 Å². The van der Waals surface area contributed by atoms with Crippen LogP contribution < -0.4 is 0 Å². The SMILES string of the molecule is C/C(=C\C(=O)N1CCOCC1C1CCCC1O)c1ccccc1C. The maximum Gasteiger partial charge on any atom is 0.247 e. The molecule has 2 fully saturated rings. The predicted octanol–water partition coefficient (Wildman–Crippen LogP) is 2.79. The molecule has 3 atom stereocenters. The number of aliphatic hydroxyl groups is 1. The summed E-state index contributed by atoms with van der Waals surface area (Å²) >= 11 is 0. The Balaban J connectivity index is 1.79. The normalized spacial score (nSPS) is 28.2. The number of aliphatic hydroxyl groups excluding tert-OH is 1. The molecule has 0 spiro atoms. The Morgan fingerprint density at radius 2 is 2.12 bits per heavy atom. The number of carbonyl (C=O) groups is 1. The number of amides is 1. The third-order valence-electron chi connectivity index (χ3n) is 5.38. The van der Waals surface area contributed by atoms with Crippen molar-refractivity contribution in [3.8, 4) is 0 Å². The molecule has 0 bridgehead atoms. The summed E-state index contributed by atoms with van der Waals surface area (Å²) in [5.74, 6) is 0.171. The smallest absolute Gasteiger partial charge is 0.247 e. The summed E-state index contributed by atoms with van der Waals surface area (Å²) in [6.07, 6.45) is 4.26. The number of hydrogen-bond acceptors (Lipinski definition) is 3. The summed E-state index contributed by atoms with van der Waals surface area (Å²) < 4.78 is 5.61. The number of aryl methyl sites for hydroxylation is 1. The second kappa shape index (κ2) is 7.49. The van der Waals surface area contributed by atoms with Gasteiger partial charge in [-0.15, -0.1) is 0 Å². The van der Waals surface area contributed by atoms with Crippen LogP contribution in [0.4, 0.5) is 0 Å². The molecule has 1 aliphatic carbocycles. The van der Waals surface area contributed by atoms with Crippen molar-refractivity contribution < 1.29 is 14.6 Å². The van der Waals surface area contributed by atoms with Gasteiger partial charge in [0, 0.05) is 18.5 Å². The molecule has 4 heteroatoms. The Kier molecular flexibility index (Phi) is 5.36. The molecule has 4 nitrogen and oxygen atoms in total. The van der Waals surface area contributed by atoms with E-state index in [1.165, 1.54) is 5.56 Å². The van der Waals surface area contributed by atoms with Crippen LogP contribution in [0.15, 0.2) is 30.3 Å².